The minimum atomic E-state index is 0.669. The molecule has 2 nitrogen and oxygen atoms in total. The van der Waals surface area contributed by atoms with E-state index in [1.54, 1.807) is 0 Å². The Bertz CT molecular complexity index is 212. The van der Waals surface area contributed by atoms with E-state index < -0.39 is 0 Å². The maximum atomic E-state index is 4.86. The third-order valence-electron chi connectivity index (χ3n) is 1.55. The zero-order valence-electron chi connectivity index (χ0n) is 5.35. The molecule has 2 heteroatoms. The van der Waals surface area contributed by atoms with Crippen LogP contribution in [0.2, 0.25) is 0 Å². The van der Waals surface area contributed by atoms with Crippen LogP contribution >= 0.6 is 0 Å². The third kappa shape index (κ3) is 0.846. The molecule has 0 atom stereocenters. The van der Waals surface area contributed by atoms with E-state index in [4.69, 9.17) is 4.52 Å². The van der Waals surface area contributed by atoms with Gasteiger partial charge in [0.05, 0.1) is 11.8 Å². The summed E-state index contributed by atoms with van der Waals surface area (Å²) in [6.45, 7) is 1.87. The first-order chi connectivity index (χ1) is 4.36. The second-order valence-corrected chi connectivity index (χ2v) is 2.52. The molecular weight excluding hydrogens is 114 g/mol. The Balaban J connectivity index is 2.28. The molecule has 47 valence electrons. The van der Waals surface area contributed by atoms with Crippen LogP contribution in [0.1, 0.15) is 30.2 Å². The fraction of sp³-hybridized carbons (Fsp3) is 0.571. The molecule has 0 amide bonds. The van der Waals surface area contributed by atoms with Gasteiger partial charge < -0.3 is 4.52 Å². The van der Waals surface area contributed by atoms with Gasteiger partial charge in [0.15, 0.2) is 0 Å². The highest BCUT2D eigenvalue weighted by atomic mass is 16.5. The van der Waals surface area contributed by atoms with Crippen molar-refractivity contribution in [2.45, 2.75) is 25.7 Å². The summed E-state index contributed by atoms with van der Waals surface area (Å²) in [5, 5.41) is 3.85. The second-order valence-electron chi connectivity index (χ2n) is 2.52. The summed E-state index contributed by atoms with van der Waals surface area (Å²) in [7, 11) is 0. The Hall–Kier alpha value is -0.790. The van der Waals surface area contributed by atoms with Gasteiger partial charge >= 0.3 is 0 Å². The average molecular weight is 122 g/mol. The fourth-order valence-electron chi connectivity index (χ4n) is 0.877. The van der Waals surface area contributed by atoms with Gasteiger partial charge in [0.25, 0.3) is 0 Å². The Kier molecular flexibility index (Phi) is 0.891. The topological polar surface area (TPSA) is 26.0 Å². The molecule has 1 aliphatic carbocycles. The molecule has 0 aromatic carbocycles. The molecule has 0 N–H and O–H groups in total. The first-order valence-electron chi connectivity index (χ1n) is 3.22. The molecule has 0 bridgehead atoms. The SMILES string of the molecule is Cc1[c]c(C2CC2)no1. The van der Waals surface area contributed by atoms with E-state index >= 15 is 0 Å². The largest absolute Gasteiger partial charge is 0.361 e. The first kappa shape index (κ1) is 5.03. The number of aryl methyl sites for hydroxylation is 1. The summed E-state index contributed by atoms with van der Waals surface area (Å²) in [4.78, 5) is 0. The highest BCUT2D eigenvalue weighted by Gasteiger charge is 2.26. The summed E-state index contributed by atoms with van der Waals surface area (Å²) < 4.78 is 4.86. The van der Waals surface area contributed by atoms with E-state index in [1.807, 2.05) is 6.92 Å². The summed E-state index contributed by atoms with van der Waals surface area (Å²) in [5.74, 6) is 1.47. The molecular formula is C7H8NO. The van der Waals surface area contributed by atoms with Gasteiger partial charge in [0.1, 0.15) is 5.76 Å². The first-order valence-corrected chi connectivity index (χ1v) is 3.22. The zero-order valence-corrected chi connectivity index (χ0v) is 5.35. The van der Waals surface area contributed by atoms with Gasteiger partial charge in [-0.05, 0) is 19.8 Å². The van der Waals surface area contributed by atoms with Crippen LogP contribution in [0.5, 0.6) is 0 Å². The van der Waals surface area contributed by atoms with Crippen molar-refractivity contribution in [3.63, 3.8) is 0 Å². The van der Waals surface area contributed by atoms with Gasteiger partial charge in [-0.1, -0.05) is 5.16 Å². The van der Waals surface area contributed by atoms with Crippen LogP contribution in [0, 0.1) is 13.0 Å². The van der Waals surface area contributed by atoms with Gasteiger partial charge in [-0.25, -0.2) is 0 Å². The Morgan fingerprint density at radius 2 is 2.44 bits per heavy atom. The number of hydrogen-bond donors (Lipinski definition) is 0. The summed E-state index contributed by atoms with van der Waals surface area (Å²) in [6.07, 6.45) is 2.53. The highest BCUT2D eigenvalue weighted by molar-refractivity contribution is 5.12. The normalized spacial score (nSPS) is 18.3. The summed E-state index contributed by atoms with van der Waals surface area (Å²) in [5.41, 5.74) is 1.02. The van der Waals surface area contributed by atoms with Gasteiger partial charge in [-0.15, -0.1) is 0 Å². The van der Waals surface area contributed by atoms with Crippen molar-refractivity contribution >= 4 is 0 Å². The predicted octanol–water partition coefficient (Wildman–Crippen LogP) is 1.66. The van der Waals surface area contributed by atoms with Crippen LogP contribution in [0.3, 0.4) is 0 Å². The Labute approximate surface area is 53.9 Å². The van der Waals surface area contributed by atoms with Crippen molar-refractivity contribution in [2.24, 2.45) is 0 Å². The summed E-state index contributed by atoms with van der Waals surface area (Å²) >= 11 is 0. The molecule has 0 saturated heterocycles. The smallest absolute Gasteiger partial charge is 0.141 e. The van der Waals surface area contributed by atoms with Crippen LogP contribution in [0.4, 0.5) is 0 Å². The standard InChI is InChI=1S/C7H8NO/c1-5-4-7(8-9-5)6-2-3-6/h6H,2-3H2,1H3. The quantitative estimate of drug-likeness (QED) is 0.566. The third-order valence-corrected chi connectivity index (χ3v) is 1.55. The maximum Gasteiger partial charge on any atom is 0.141 e. The van der Waals surface area contributed by atoms with Gasteiger partial charge in [-0.2, -0.15) is 0 Å². The molecule has 1 saturated carbocycles. The lowest BCUT2D eigenvalue weighted by molar-refractivity contribution is 0.390. The molecule has 1 aliphatic rings. The van der Waals surface area contributed by atoms with Crippen molar-refractivity contribution in [1.82, 2.24) is 5.16 Å². The van der Waals surface area contributed by atoms with Crippen molar-refractivity contribution in [3.05, 3.63) is 17.5 Å². The van der Waals surface area contributed by atoms with Crippen molar-refractivity contribution < 1.29 is 4.52 Å². The number of aromatic nitrogens is 1. The van der Waals surface area contributed by atoms with Crippen molar-refractivity contribution in [3.8, 4) is 0 Å². The monoisotopic (exact) mass is 122 g/mol. The van der Waals surface area contributed by atoms with Crippen LogP contribution in [-0.2, 0) is 0 Å². The van der Waals surface area contributed by atoms with E-state index in [9.17, 15) is 0 Å². The maximum absolute atomic E-state index is 4.86. The Morgan fingerprint density at radius 1 is 1.67 bits per heavy atom. The van der Waals surface area contributed by atoms with E-state index in [2.05, 4.69) is 11.2 Å². The van der Waals surface area contributed by atoms with Gasteiger partial charge in [-0.3, -0.25) is 0 Å². The molecule has 9 heavy (non-hydrogen) atoms. The lowest BCUT2D eigenvalue weighted by Gasteiger charge is -1.77. The number of rotatable bonds is 1. The Morgan fingerprint density at radius 3 is 2.89 bits per heavy atom. The molecule has 1 aromatic heterocycles. The van der Waals surface area contributed by atoms with Crippen LogP contribution in [-0.4, -0.2) is 5.16 Å². The van der Waals surface area contributed by atoms with E-state index in [0.29, 0.717) is 5.92 Å². The molecule has 0 unspecified atom stereocenters. The zero-order chi connectivity index (χ0) is 6.27. The van der Waals surface area contributed by atoms with Crippen LogP contribution in [0.25, 0.3) is 0 Å². The minimum absolute atomic E-state index is 0.669. The van der Waals surface area contributed by atoms with Gasteiger partial charge in [0.2, 0.25) is 0 Å². The minimum Gasteiger partial charge on any atom is -0.361 e. The molecule has 2 rings (SSSR count). The van der Waals surface area contributed by atoms with Crippen molar-refractivity contribution in [2.75, 3.05) is 0 Å². The lowest BCUT2D eigenvalue weighted by Crippen LogP contribution is -1.74. The molecule has 1 heterocycles. The van der Waals surface area contributed by atoms with E-state index in [1.165, 1.54) is 12.8 Å². The average Bonchev–Trinajstić information content (AvgIpc) is 2.58. The second kappa shape index (κ2) is 1.59. The molecule has 0 aliphatic heterocycles. The lowest BCUT2D eigenvalue weighted by atomic mass is 10.3. The van der Waals surface area contributed by atoms with Crippen LogP contribution in [0.15, 0.2) is 4.52 Å². The molecule has 1 fully saturated rings. The fourth-order valence-corrected chi connectivity index (χ4v) is 0.877. The molecule has 0 spiro atoms. The highest BCUT2D eigenvalue weighted by Crippen LogP contribution is 2.38. The number of nitrogens with zero attached hydrogens (tertiary/aromatic N) is 1. The van der Waals surface area contributed by atoms with Crippen LogP contribution < -0.4 is 0 Å². The molecule has 1 radical (unpaired) electrons. The van der Waals surface area contributed by atoms with E-state index in [-0.39, 0.29) is 0 Å². The molecule has 1 aromatic rings. The summed E-state index contributed by atoms with van der Waals surface area (Å²) in [6, 6.07) is 3.06. The van der Waals surface area contributed by atoms with Crippen molar-refractivity contribution in [1.29, 1.82) is 0 Å². The predicted molar refractivity (Wildman–Crippen MR) is 32.1 cm³/mol. The van der Waals surface area contributed by atoms with E-state index in [0.717, 1.165) is 11.5 Å². The number of hydrogen-bond acceptors (Lipinski definition) is 2. The van der Waals surface area contributed by atoms with Gasteiger partial charge in [0, 0.05) is 5.92 Å².